The molecule has 0 amide bonds. The number of allylic oxidation sites excluding steroid dienone is 1. The molecule has 0 aliphatic heterocycles. The number of ketones is 1. The molecule has 0 bridgehead atoms. The Bertz CT molecular complexity index is 712. The molecule has 0 radical (unpaired) electrons. The van der Waals surface area contributed by atoms with Gasteiger partial charge in [-0.05, 0) is 54.5 Å². The molecule has 0 saturated heterocycles. The molecule has 2 rings (SSSR count). The van der Waals surface area contributed by atoms with Crippen LogP contribution in [0, 0.1) is 0 Å². The molecule has 0 heterocycles. The summed E-state index contributed by atoms with van der Waals surface area (Å²) in [6.45, 7) is 6.98. The third-order valence-corrected chi connectivity index (χ3v) is 3.83. The Balaban J connectivity index is 1.88. The zero-order valence-electron chi connectivity index (χ0n) is 15.3. The first kappa shape index (κ1) is 19.5. The van der Waals surface area contributed by atoms with Crippen molar-refractivity contribution in [2.24, 2.45) is 0 Å². The molecule has 0 saturated carbocycles. The highest BCUT2D eigenvalue weighted by atomic mass is 16.5. The Morgan fingerprint density at radius 3 is 2.27 bits per heavy atom. The van der Waals surface area contributed by atoms with Crippen molar-refractivity contribution < 1.29 is 14.3 Å². The molecule has 0 fully saturated rings. The maximum Gasteiger partial charge on any atom is 0.185 e. The lowest BCUT2D eigenvalue weighted by Gasteiger charge is -2.06. The van der Waals surface area contributed by atoms with Crippen molar-refractivity contribution in [3.05, 3.63) is 78.4 Å². The van der Waals surface area contributed by atoms with Gasteiger partial charge in [-0.25, -0.2) is 0 Å². The number of carbonyl (C=O) groups excluding carboxylic acids is 1. The topological polar surface area (TPSA) is 35.5 Å². The smallest absolute Gasteiger partial charge is 0.185 e. The summed E-state index contributed by atoms with van der Waals surface area (Å²) >= 11 is 0. The molecular formula is C23H26O3. The second-order valence-electron chi connectivity index (χ2n) is 5.95. The standard InChI is InChI=1S/C23H26O3/c1-3-5-6-18-26-22-14-10-20(11-15-22)23(24)16-9-19-7-12-21(13-8-19)25-17-4-2/h4,7-16H,2-3,5-6,17-18H2,1H3. The molecule has 0 atom stereocenters. The van der Waals surface area contributed by atoms with Crippen molar-refractivity contribution in [2.45, 2.75) is 26.2 Å². The van der Waals surface area contributed by atoms with E-state index in [1.54, 1.807) is 30.4 Å². The molecule has 0 spiro atoms. The van der Waals surface area contributed by atoms with Crippen molar-refractivity contribution in [3.8, 4) is 11.5 Å². The van der Waals surface area contributed by atoms with E-state index in [9.17, 15) is 4.79 Å². The van der Waals surface area contributed by atoms with E-state index in [1.807, 2.05) is 36.4 Å². The maximum absolute atomic E-state index is 12.3. The number of carbonyl (C=O) groups is 1. The third kappa shape index (κ3) is 6.60. The van der Waals surface area contributed by atoms with Crippen LogP contribution in [0.4, 0.5) is 0 Å². The number of hydrogen-bond acceptors (Lipinski definition) is 3. The number of benzene rings is 2. The predicted octanol–water partition coefficient (Wildman–Crippen LogP) is 5.72. The van der Waals surface area contributed by atoms with Crippen molar-refractivity contribution in [3.63, 3.8) is 0 Å². The molecule has 0 aliphatic carbocycles. The van der Waals surface area contributed by atoms with Gasteiger partial charge in [0, 0.05) is 5.56 Å². The van der Waals surface area contributed by atoms with Gasteiger partial charge in [0.1, 0.15) is 18.1 Å². The first-order valence-electron chi connectivity index (χ1n) is 9.02. The summed E-state index contributed by atoms with van der Waals surface area (Å²) in [7, 11) is 0. The highest BCUT2D eigenvalue weighted by molar-refractivity contribution is 6.06. The summed E-state index contributed by atoms with van der Waals surface area (Å²) in [5.41, 5.74) is 1.59. The Morgan fingerprint density at radius 1 is 0.962 bits per heavy atom. The fourth-order valence-electron chi connectivity index (χ4n) is 2.36. The Kier molecular flexibility index (Phi) is 8.20. The van der Waals surface area contributed by atoms with Crippen molar-refractivity contribution in [2.75, 3.05) is 13.2 Å². The average Bonchev–Trinajstić information content (AvgIpc) is 2.69. The summed E-state index contributed by atoms with van der Waals surface area (Å²) in [4.78, 5) is 12.3. The van der Waals surface area contributed by atoms with Gasteiger partial charge in [0.05, 0.1) is 6.61 Å². The van der Waals surface area contributed by atoms with Crippen molar-refractivity contribution >= 4 is 11.9 Å². The normalized spacial score (nSPS) is 10.7. The molecule has 0 N–H and O–H groups in total. The van der Waals surface area contributed by atoms with Crippen LogP contribution in [0.3, 0.4) is 0 Å². The summed E-state index contributed by atoms with van der Waals surface area (Å²) in [6, 6.07) is 14.9. The van der Waals surface area contributed by atoms with Gasteiger partial charge in [0.15, 0.2) is 5.78 Å². The van der Waals surface area contributed by atoms with E-state index in [2.05, 4.69) is 13.5 Å². The summed E-state index contributed by atoms with van der Waals surface area (Å²) < 4.78 is 11.1. The van der Waals surface area contributed by atoms with Gasteiger partial charge in [-0.3, -0.25) is 4.79 Å². The summed E-state index contributed by atoms with van der Waals surface area (Å²) in [6.07, 6.45) is 8.48. The molecule has 26 heavy (non-hydrogen) atoms. The van der Waals surface area contributed by atoms with Crippen LogP contribution in [-0.2, 0) is 0 Å². The van der Waals surface area contributed by atoms with Crippen LogP contribution in [-0.4, -0.2) is 19.0 Å². The maximum atomic E-state index is 12.3. The zero-order valence-corrected chi connectivity index (χ0v) is 15.3. The van der Waals surface area contributed by atoms with E-state index < -0.39 is 0 Å². The average molecular weight is 350 g/mol. The molecule has 3 heteroatoms. The van der Waals surface area contributed by atoms with Gasteiger partial charge in [0.2, 0.25) is 0 Å². The molecule has 136 valence electrons. The quantitative estimate of drug-likeness (QED) is 0.225. The SMILES string of the molecule is C=CCOc1ccc(C=CC(=O)c2ccc(OCCCCC)cc2)cc1. The van der Waals surface area contributed by atoms with E-state index >= 15 is 0 Å². The minimum absolute atomic E-state index is 0.0329. The first-order valence-corrected chi connectivity index (χ1v) is 9.02. The molecule has 0 aliphatic rings. The number of ether oxygens (including phenoxy) is 2. The molecular weight excluding hydrogens is 324 g/mol. The van der Waals surface area contributed by atoms with Crippen LogP contribution in [0.2, 0.25) is 0 Å². The number of hydrogen-bond donors (Lipinski definition) is 0. The van der Waals surface area contributed by atoms with Crippen LogP contribution >= 0.6 is 0 Å². The predicted molar refractivity (Wildman–Crippen MR) is 107 cm³/mol. The van der Waals surface area contributed by atoms with E-state index in [0.717, 1.165) is 23.5 Å². The van der Waals surface area contributed by atoms with Crippen LogP contribution in [0.25, 0.3) is 6.08 Å². The molecule has 2 aromatic rings. The minimum Gasteiger partial charge on any atom is -0.494 e. The number of rotatable bonds is 11. The van der Waals surface area contributed by atoms with Crippen molar-refractivity contribution in [1.29, 1.82) is 0 Å². The van der Waals surface area contributed by atoms with E-state index in [1.165, 1.54) is 12.8 Å². The Labute approximate surface area is 156 Å². The highest BCUT2D eigenvalue weighted by Gasteiger charge is 2.02. The fraction of sp³-hybridized carbons (Fsp3) is 0.261. The van der Waals surface area contributed by atoms with Gasteiger partial charge >= 0.3 is 0 Å². The lowest BCUT2D eigenvalue weighted by atomic mass is 10.1. The van der Waals surface area contributed by atoms with Crippen LogP contribution in [0.1, 0.15) is 42.1 Å². The third-order valence-electron chi connectivity index (χ3n) is 3.83. The van der Waals surface area contributed by atoms with Crippen LogP contribution in [0.15, 0.2) is 67.3 Å². The molecule has 0 aromatic heterocycles. The molecule has 0 unspecified atom stereocenters. The zero-order chi connectivity index (χ0) is 18.6. The van der Waals surface area contributed by atoms with Gasteiger partial charge in [-0.2, -0.15) is 0 Å². The van der Waals surface area contributed by atoms with Crippen LogP contribution < -0.4 is 9.47 Å². The van der Waals surface area contributed by atoms with Crippen LogP contribution in [0.5, 0.6) is 11.5 Å². The van der Waals surface area contributed by atoms with Gasteiger partial charge < -0.3 is 9.47 Å². The second kappa shape index (κ2) is 10.9. The largest absolute Gasteiger partial charge is 0.494 e. The Hall–Kier alpha value is -2.81. The lowest BCUT2D eigenvalue weighted by molar-refractivity contribution is 0.104. The minimum atomic E-state index is -0.0329. The van der Waals surface area contributed by atoms with E-state index in [-0.39, 0.29) is 5.78 Å². The van der Waals surface area contributed by atoms with E-state index in [0.29, 0.717) is 18.8 Å². The first-order chi connectivity index (χ1) is 12.7. The van der Waals surface area contributed by atoms with E-state index in [4.69, 9.17) is 9.47 Å². The Morgan fingerprint density at radius 2 is 1.62 bits per heavy atom. The fourth-order valence-corrected chi connectivity index (χ4v) is 2.36. The summed E-state index contributed by atoms with van der Waals surface area (Å²) in [5, 5.41) is 0. The number of unbranched alkanes of at least 4 members (excludes halogenated alkanes) is 2. The monoisotopic (exact) mass is 350 g/mol. The van der Waals surface area contributed by atoms with Crippen molar-refractivity contribution in [1.82, 2.24) is 0 Å². The van der Waals surface area contributed by atoms with Gasteiger partial charge in [-0.1, -0.05) is 50.6 Å². The van der Waals surface area contributed by atoms with Gasteiger partial charge in [-0.15, -0.1) is 0 Å². The highest BCUT2D eigenvalue weighted by Crippen LogP contribution is 2.16. The molecule has 2 aromatic carbocycles. The lowest BCUT2D eigenvalue weighted by Crippen LogP contribution is -1.98. The second-order valence-corrected chi connectivity index (χ2v) is 5.95. The van der Waals surface area contributed by atoms with Gasteiger partial charge in [0.25, 0.3) is 0 Å². The summed E-state index contributed by atoms with van der Waals surface area (Å²) in [5.74, 6) is 1.55. The molecule has 3 nitrogen and oxygen atoms in total.